The Bertz CT molecular complexity index is 311. The Labute approximate surface area is 110 Å². The Kier molecular flexibility index (Phi) is 5.17. The Morgan fingerprint density at radius 2 is 2.06 bits per heavy atom. The van der Waals surface area contributed by atoms with E-state index in [2.05, 4.69) is 57.2 Å². The van der Waals surface area contributed by atoms with Gasteiger partial charge in [-0.2, -0.15) is 0 Å². The predicted octanol–water partition coefficient (Wildman–Crippen LogP) is 2.98. The van der Waals surface area contributed by atoms with Crippen molar-refractivity contribution in [2.24, 2.45) is 11.1 Å². The van der Waals surface area contributed by atoms with Gasteiger partial charge in [0.2, 0.25) is 0 Å². The maximum atomic E-state index is 6.13. The molecule has 1 heterocycles. The maximum absolute atomic E-state index is 6.13. The Balaban J connectivity index is 2.57. The maximum Gasteiger partial charge on any atom is 0.0289 e. The van der Waals surface area contributed by atoms with E-state index in [9.17, 15) is 0 Å². The number of likely N-dealkylation sites (N-methyl/N-ethyl adjacent to an activating group) is 1. The molecule has 2 atom stereocenters. The van der Waals surface area contributed by atoms with Gasteiger partial charge in [0.25, 0.3) is 0 Å². The zero-order valence-electron chi connectivity index (χ0n) is 11.7. The summed E-state index contributed by atoms with van der Waals surface area (Å²) in [4.78, 5) is 3.86. The molecule has 0 aliphatic heterocycles. The van der Waals surface area contributed by atoms with Gasteiger partial charge in [0, 0.05) is 23.5 Å². The van der Waals surface area contributed by atoms with E-state index in [0.717, 1.165) is 13.0 Å². The Hall–Kier alpha value is -0.380. The second kappa shape index (κ2) is 5.98. The van der Waals surface area contributed by atoms with Crippen LogP contribution in [0.5, 0.6) is 0 Å². The first-order valence-electron chi connectivity index (χ1n) is 6.30. The summed E-state index contributed by atoms with van der Waals surface area (Å²) in [6.07, 6.45) is 1.12. The SMILES string of the molecule is CC(N)C(N(C)CCc1cccs1)C(C)(C)C. The lowest BCUT2D eigenvalue weighted by Gasteiger charge is -2.40. The van der Waals surface area contributed by atoms with E-state index in [1.165, 1.54) is 4.88 Å². The lowest BCUT2D eigenvalue weighted by atomic mass is 9.82. The van der Waals surface area contributed by atoms with Gasteiger partial charge in [-0.3, -0.25) is 0 Å². The molecule has 0 saturated carbocycles. The van der Waals surface area contributed by atoms with Crippen molar-refractivity contribution in [3.63, 3.8) is 0 Å². The van der Waals surface area contributed by atoms with Crippen LogP contribution in [-0.2, 0) is 6.42 Å². The van der Waals surface area contributed by atoms with Crippen LogP contribution in [0.25, 0.3) is 0 Å². The Morgan fingerprint density at radius 3 is 2.47 bits per heavy atom. The zero-order valence-corrected chi connectivity index (χ0v) is 12.6. The normalized spacial score (nSPS) is 16.2. The molecular weight excluding hydrogens is 228 g/mol. The summed E-state index contributed by atoms with van der Waals surface area (Å²) >= 11 is 1.83. The van der Waals surface area contributed by atoms with Crippen molar-refractivity contribution >= 4 is 11.3 Å². The molecule has 0 fully saturated rings. The highest BCUT2D eigenvalue weighted by molar-refractivity contribution is 7.09. The third-order valence-corrected chi connectivity index (χ3v) is 4.09. The summed E-state index contributed by atoms with van der Waals surface area (Å²) < 4.78 is 0. The summed E-state index contributed by atoms with van der Waals surface area (Å²) in [5, 5.41) is 2.14. The number of nitrogens with zero attached hydrogens (tertiary/aromatic N) is 1. The minimum absolute atomic E-state index is 0.198. The first-order chi connectivity index (χ1) is 7.82. The fraction of sp³-hybridized carbons (Fsp3) is 0.714. The third-order valence-electron chi connectivity index (χ3n) is 3.15. The fourth-order valence-corrected chi connectivity index (χ4v) is 3.43. The van der Waals surface area contributed by atoms with Gasteiger partial charge in [-0.1, -0.05) is 26.8 Å². The highest BCUT2D eigenvalue weighted by atomic mass is 32.1. The smallest absolute Gasteiger partial charge is 0.0289 e. The number of hydrogen-bond donors (Lipinski definition) is 1. The van der Waals surface area contributed by atoms with Gasteiger partial charge in [0.1, 0.15) is 0 Å². The third kappa shape index (κ3) is 4.41. The lowest BCUT2D eigenvalue weighted by Crippen LogP contribution is -2.52. The van der Waals surface area contributed by atoms with Gasteiger partial charge in [0.05, 0.1) is 0 Å². The van der Waals surface area contributed by atoms with Crippen LogP contribution in [0.3, 0.4) is 0 Å². The van der Waals surface area contributed by atoms with Crippen molar-refractivity contribution in [1.29, 1.82) is 0 Å². The first-order valence-corrected chi connectivity index (χ1v) is 7.18. The van der Waals surface area contributed by atoms with E-state index in [0.29, 0.717) is 6.04 Å². The quantitative estimate of drug-likeness (QED) is 0.875. The molecule has 1 aromatic rings. The molecule has 98 valence electrons. The van der Waals surface area contributed by atoms with Gasteiger partial charge >= 0.3 is 0 Å². The summed E-state index contributed by atoms with van der Waals surface area (Å²) in [6.45, 7) is 9.98. The van der Waals surface area contributed by atoms with E-state index >= 15 is 0 Å². The van der Waals surface area contributed by atoms with Crippen molar-refractivity contribution in [1.82, 2.24) is 4.90 Å². The second-order valence-corrected chi connectivity index (χ2v) is 7.01. The first kappa shape index (κ1) is 14.7. The van der Waals surface area contributed by atoms with Gasteiger partial charge < -0.3 is 10.6 Å². The van der Waals surface area contributed by atoms with E-state index in [-0.39, 0.29) is 11.5 Å². The molecule has 1 aromatic heterocycles. The Morgan fingerprint density at radius 1 is 1.41 bits per heavy atom. The number of thiophene rings is 1. The van der Waals surface area contributed by atoms with E-state index < -0.39 is 0 Å². The van der Waals surface area contributed by atoms with Gasteiger partial charge in [-0.05, 0) is 37.3 Å². The van der Waals surface area contributed by atoms with Crippen LogP contribution in [0.15, 0.2) is 17.5 Å². The fourth-order valence-electron chi connectivity index (χ4n) is 2.73. The van der Waals surface area contributed by atoms with Crippen LogP contribution in [0.4, 0.5) is 0 Å². The summed E-state index contributed by atoms with van der Waals surface area (Å²) in [6, 6.07) is 4.94. The molecule has 0 saturated heterocycles. The molecule has 2 N–H and O–H groups in total. The molecule has 3 heteroatoms. The average molecular weight is 254 g/mol. The zero-order chi connectivity index (χ0) is 13.1. The summed E-state index contributed by atoms with van der Waals surface area (Å²) in [7, 11) is 2.19. The molecule has 17 heavy (non-hydrogen) atoms. The molecule has 0 aromatic carbocycles. The molecule has 0 radical (unpaired) electrons. The highest BCUT2D eigenvalue weighted by Crippen LogP contribution is 2.25. The van der Waals surface area contributed by atoms with Crippen LogP contribution < -0.4 is 5.73 Å². The topological polar surface area (TPSA) is 29.3 Å². The van der Waals surface area contributed by atoms with E-state index in [4.69, 9.17) is 5.73 Å². The standard InChI is InChI=1S/C14H26N2S/c1-11(15)13(14(2,3)4)16(5)9-8-12-7-6-10-17-12/h6-7,10-11,13H,8-9,15H2,1-5H3. The summed E-state index contributed by atoms with van der Waals surface area (Å²) in [5.74, 6) is 0. The van der Waals surface area contributed by atoms with Crippen LogP contribution in [0.2, 0.25) is 0 Å². The molecule has 0 aliphatic carbocycles. The van der Waals surface area contributed by atoms with Crippen molar-refractivity contribution in [3.8, 4) is 0 Å². The average Bonchev–Trinajstić information content (AvgIpc) is 2.63. The van der Waals surface area contributed by atoms with Gasteiger partial charge in [-0.15, -0.1) is 11.3 Å². The predicted molar refractivity (Wildman–Crippen MR) is 77.5 cm³/mol. The molecular formula is C14H26N2S. The van der Waals surface area contributed by atoms with Crippen LogP contribution in [0.1, 0.15) is 32.6 Å². The monoisotopic (exact) mass is 254 g/mol. The molecule has 0 amide bonds. The van der Waals surface area contributed by atoms with Crippen molar-refractivity contribution in [2.75, 3.05) is 13.6 Å². The van der Waals surface area contributed by atoms with E-state index in [1.54, 1.807) is 0 Å². The molecule has 2 unspecified atom stereocenters. The van der Waals surface area contributed by atoms with Crippen LogP contribution in [-0.4, -0.2) is 30.6 Å². The molecule has 0 aliphatic rings. The highest BCUT2D eigenvalue weighted by Gasteiger charge is 2.30. The van der Waals surface area contributed by atoms with Crippen LogP contribution in [0, 0.1) is 5.41 Å². The summed E-state index contributed by atoms with van der Waals surface area (Å²) in [5.41, 5.74) is 6.35. The van der Waals surface area contributed by atoms with Gasteiger partial charge in [0.15, 0.2) is 0 Å². The molecule has 2 nitrogen and oxygen atoms in total. The van der Waals surface area contributed by atoms with Crippen molar-refractivity contribution < 1.29 is 0 Å². The van der Waals surface area contributed by atoms with E-state index in [1.807, 2.05) is 11.3 Å². The molecule has 0 spiro atoms. The van der Waals surface area contributed by atoms with Gasteiger partial charge in [-0.25, -0.2) is 0 Å². The molecule has 1 rings (SSSR count). The van der Waals surface area contributed by atoms with Crippen molar-refractivity contribution in [3.05, 3.63) is 22.4 Å². The van der Waals surface area contributed by atoms with Crippen LogP contribution >= 0.6 is 11.3 Å². The number of hydrogen-bond acceptors (Lipinski definition) is 3. The number of rotatable bonds is 5. The van der Waals surface area contributed by atoms with Crippen molar-refractivity contribution in [2.45, 2.75) is 46.2 Å². The minimum Gasteiger partial charge on any atom is -0.327 e. The minimum atomic E-state index is 0.198. The number of nitrogens with two attached hydrogens (primary N) is 1. The lowest BCUT2D eigenvalue weighted by molar-refractivity contribution is 0.108. The second-order valence-electron chi connectivity index (χ2n) is 5.98. The largest absolute Gasteiger partial charge is 0.327 e. The molecule has 0 bridgehead atoms.